The highest BCUT2D eigenvalue weighted by atomic mass is 19.1. The van der Waals surface area contributed by atoms with Crippen molar-refractivity contribution in [3.63, 3.8) is 0 Å². The molecule has 24 heavy (non-hydrogen) atoms. The number of carbonyl (C=O) groups is 2. The normalized spacial score (nSPS) is 18.9. The molecule has 7 heteroatoms. The Balaban J connectivity index is 1.80. The van der Waals surface area contributed by atoms with Gasteiger partial charge in [0, 0.05) is 17.5 Å². The maximum absolute atomic E-state index is 13.4. The lowest BCUT2D eigenvalue weighted by Gasteiger charge is -1.98. The molecule has 0 spiro atoms. The third-order valence-electron chi connectivity index (χ3n) is 3.89. The summed E-state index contributed by atoms with van der Waals surface area (Å²) in [5.74, 6) is -1.85. The molecule has 0 saturated carbocycles. The summed E-state index contributed by atoms with van der Waals surface area (Å²) in [4.78, 5) is 24.0. The van der Waals surface area contributed by atoms with Crippen LogP contribution in [0.2, 0.25) is 0 Å². The van der Waals surface area contributed by atoms with Crippen molar-refractivity contribution >= 4 is 28.8 Å². The largest absolute Gasteiger partial charge is 0.320 e. The second-order valence-corrected chi connectivity index (χ2v) is 5.44. The monoisotopic (exact) mass is 325 g/mol. The van der Waals surface area contributed by atoms with Crippen molar-refractivity contribution < 1.29 is 18.4 Å². The van der Waals surface area contributed by atoms with Gasteiger partial charge in [0.2, 0.25) is 0 Å². The average Bonchev–Trinajstić information content (AvgIpc) is 3.01. The van der Waals surface area contributed by atoms with E-state index in [2.05, 4.69) is 15.5 Å². The minimum Gasteiger partial charge on any atom is -0.320 e. The highest BCUT2D eigenvalue weighted by molar-refractivity contribution is 6.54. The molecule has 1 aliphatic heterocycles. The van der Waals surface area contributed by atoms with Crippen LogP contribution in [0.25, 0.3) is 0 Å². The zero-order chi connectivity index (χ0) is 16.8. The van der Waals surface area contributed by atoms with E-state index in [1.54, 1.807) is 0 Å². The van der Waals surface area contributed by atoms with Gasteiger partial charge in [0.1, 0.15) is 17.3 Å². The van der Waals surface area contributed by atoms with Gasteiger partial charge in [-0.05, 0) is 35.9 Å². The van der Waals surface area contributed by atoms with Gasteiger partial charge in [-0.1, -0.05) is 6.07 Å². The maximum atomic E-state index is 13.4. The van der Waals surface area contributed by atoms with Crippen LogP contribution in [0.1, 0.15) is 16.7 Å². The Hall–Kier alpha value is -3.22. The number of hydrogen-bond acceptors (Lipinski definition) is 4. The molecule has 1 amide bonds. The minimum absolute atomic E-state index is 0.00495. The van der Waals surface area contributed by atoms with E-state index in [0.29, 0.717) is 16.8 Å². The number of carbonyl (C=O) groups excluding carboxylic acids is 2. The molecule has 1 aliphatic carbocycles. The van der Waals surface area contributed by atoms with Gasteiger partial charge in [-0.2, -0.15) is 0 Å². The van der Waals surface area contributed by atoms with Gasteiger partial charge in [-0.15, -0.1) is 10.2 Å². The average molecular weight is 325 g/mol. The number of halogens is 2. The Kier molecular flexibility index (Phi) is 3.09. The third-order valence-corrected chi connectivity index (χ3v) is 3.89. The van der Waals surface area contributed by atoms with Gasteiger partial charge in [-0.3, -0.25) is 9.59 Å². The predicted molar refractivity (Wildman–Crippen MR) is 83.2 cm³/mol. The SMILES string of the molecule is O=C1Cc2ccc(F)cc2/C1=N/N=C1\C(=O)Nc2ccc(F)cc21. The number of ketones is 1. The van der Waals surface area contributed by atoms with Crippen LogP contribution in [-0.2, 0) is 16.0 Å². The smallest absolute Gasteiger partial charge is 0.276 e. The Bertz CT molecular complexity index is 900. The van der Waals surface area contributed by atoms with Crippen LogP contribution in [0.3, 0.4) is 0 Å². The van der Waals surface area contributed by atoms with Crippen molar-refractivity contribution in [1.82, 2.24) is 0 Å². The molecule has 0 saturated heterocycles. The number of Topliss-reactive ketones (excluding diaryl/α,β-unsaturated/α-hetero) is 1. The summed E-state index contributed by atoms with van der Waals surface area (Å²) in [5, 5.41) is 10.2. The van der Waals surface area contributed by atoms with Crippen LogP contribution in [0.5, 0.6) is 0 Å². The van der Waals surface area contributed by atoms with Crippen LogP contribution < -0.4 is 5.32 Å². The lowest BCUT2D eigenvalue weighted by Crippen LogP contribution is -2.15. The molecule has 0 radical (unpaired) electrons. The molecule has 1 N–H and O–H groups in total. The fourth-order valence-corrected chi connectivity index (χ4v) is 2.76. The first-order valence-corrected chi connectivity index (χ1v) is 7.12. The molecule has 2 aromatic carbocycles. The second kappa shape index (κ2) is 5.16. The number of nitrogens with zero attached hydrogens (tertiary/aromatic N) is 2. The van der Waals surface area contributed by atoms with Crippen LogP contribution in [-0.4, -0.2) is 23.1 Å². The van der Waals surface area contributed by atoms with E-state index in [-0.39, 0.29) is 29.2 Å². The number of rotatable bonds is 1. The first-order valence-electron chi connectivity index (χ1n) is 7.12. The molecule has 4 rings (SSSR count). The first-order chi connectivity index (χ1) is 11.5. The van der Waals surface area contributed by atoms with Crippen molar-refractivity contribution in [3.05, 3.63) is 64.7 Å². The number of anilines is 1. The van der Waals surface area contributed by atoms with Crippen molar-refractivity contribution in [2.75, 3.05) is 5.32 Å². The maximum Gasteiger partial charge on any atom is 0.276 e. The molecule has 0 bridgehead atoms. The second-order valence-electron chi connectivity index (χ2n) is 5.44. The molecular formula is C17H9F2N3O2. The summed E-state index contributed by atoms with van der Waals surface area (Å²) in [6.07, 6.45) is 0.108. The van der Waals surface area contributed by atoms with E-state index in [9.17, 15) is 18.4 Å². The summed E-state index contributed by atoms with van der Waals surface area (Å²) in [6.45, 7) is 0. The molecule has 0 fully saturated rings. The Morgan fingerprint density at radius 1 is 0.875 bits per heavy atom. The van der Waals surface area contributed by atoms with Gasteiger partial charge >= 0.3 is 0 Å². The molecule has 1 heterocycles. The molecule has 0 atom stereocenters. The van der Waals surface area contributed by atoms with E-state index >= 15 is 0 Å². The zero-order valence-corrected chi connectivity index (χ0v) is 12.1. The lowest BCUT2D eigenvalue weighted by atomic mass is 10.1. The van der Waals surface area contributed by atoms with Crippen LogP contribution in [0.4, 0.5) is 14.5 Å². The zero-order valence-electron chi connectivity index (χ0n) is 12.1. The van der Waals surface area contributed by atoms with Crippen molar-refractivity contribution in [1.29, 1.82) is 0 Å². The quantitative estimate of drug-likeness (QED) is 0.817. The summed E-state index contributed by atoms with van der Waals surface area (Å²) >= 11 is 0. The van der Waals surface area contributed by atoms with E-state index in [1.165, 1.54) is 30.3 Å². The van der Waals surface area contributed by atoms with Crippen molar-refractivity contribution in [2.45, 2.75) is 6.42 Å². The summed E-state index contributed by atoms with van der Waals surface area (Å²) in [5.41, 5.74) is 1.62. The number of fused-ring (bicyclic) bond motifs is 2. The van der Waals surface area contributed by atoms with Crippen molar-refractivity contribution in [2.24, 2.45) is 10.2 Å². The lowest BCUT2D eigenvalue weighted by molar-refractivity contribution is -0.112. The van der Waals surface area contributed by atoms with Gasteiger partial charge in [0.25, 0.3) is 5.91 Å². The topological polar surface area (TPSA) is 70.9 Å². The summed E-state index contributed by atoms with van der Waals surface area (Å²) in [7, 11) is 0. The minimum atomic E-state index is -0.537. The van der Waals surface area contributed by atoms with E-state index in [0.717, 1.165) is 6.07 Å². The van der Waals surface area contributed by atoms with Crippen molar-refractivity contribution in [3.8, 4) is 0 Å². The van der Waals surface area contributed by atoms with Gasteiger partial charge < -0.3 is 5.32 Å². The Labute approximate surface area is 134 Å². The fraction of sp³-hybridized carbons (Fsp3) is 0.0588. The summed E-state index contributed by atoms with van der Waals surface area (Å²) < 4.78 is 26.8. The number of amides is 1. The molecule has 0 aromatic heterocycles. The van der Waals surface area contributed by atoms with E-state index in [1.807, 2.05) is 0 Å². The number of benzene rings is 2. The standard InChI is InChI=1S/C17H9F2N3O2/c18-9-2-1-8-5-14(23)15(11(8)6-9)21-22-16-12-7-10(19)3-4-13(12)20-17(16)24/h1-4,6-7H,5H2,(H,20,22,24)/b21-15-. The third kappa shape index (κ3) is 2.21. The molecule has 2 aromatic rings. The molecule has 0 unspecified atom stereocenters. The van der Waals surface area contributed by atoms with Crippen LogP contribution >= 0.6 is 0 Å². The summed E-state index contributed by atoms with van der Waals surface area (Å²) in [6, 6.07) is 7.80. The number of nitrogens with one attached hydrogen (secondary N) is 1. The fourth-order valence-electron chi connectivity index (χ4n) is 2.76. The van der Waals surface area contributed by atoms with Gasteiger partial charge in [0.15, 0.2) is 11.5 Å². The first kappa shape index (κ1) is 14.4. The van der Waals surface area contributed by atoms with E-state index in [4.69, 9.17) is 0 Å². The van der Waals surface area contributed by atoms with Gasteiger partial charge in [0.05, 0.1) is 5.69 Å². The number of hydrogen-bond donors (Lipinski definition) is 1. The highest BCUT2D eigenvalue weighted by Crippen LogP contribution is 2.25. The molecular weight excluding hydrogens is 316 g/mol. The molecule has 118 valence electrons. The Morgan fingerprint density at radius 3 is 2.33 bits per heavy atom. The predicted octanol–water partition coefficient (Wildman–Crippen LogP) is 2.24. The van der Waals surface area contributed by atoms with Gasteiger partial charge in [-0.25, -0.2) is 8.78 Å². The molecule has 2 aliphatic rings. The van der Waals surface area contributed by atoms with Crippen LogP contribution in [0, 0.1) is 11.6 Å². The highest BCUT2D eigenvalue weighted by Gasteiger charge is 2.29. The van der Waals surface area contributed by atoms with Crippen LogP contribution in [0.15, 0.2) is 46.6 Å². The Morgan fingerprint density at radius 2 is 1.54 bits per heavy atom. The van der Waals surface area contributed by atoms with E-state index < -0.39 is 17.5 Å². The molecule has 5 nitrogen and oxygen atoms in total.